The summed E-state index contributed by atoms with van der Waals surface area (Å²) in [5.74, 6) is 0.436. The van der Waals surface area contributed by atoms with Crippen LogP contribution >= 0.6 is 11.8 Å². The number of nitrogens with zero attached hydrogens (tertiary/aromatic N) is 3. The van der Waals surface area contributed by atoms with E-state index in [1.807, 2.05) is 11.8 Å². The number of carbonyl (C=O) groups excluding carboxylic acids is 1. The minimum absolute atomic E-state index is 0.101. The zero-order chi connectivity index (χ0) is 23.2. The van der Waals surface area contributed by atoms with Crippen molar-refractivity contribution in [2.24, 2.45) is 0 Å². The predicted octanol–water partition coefficient (Wildman–Crippen LogP) is 3.19. The highest BCUT2D eigenvalue weighted by atomic mass is 32.2. The van der Waals surface area contributed by atoms with Crippen LogP contribution < -0.4 is 0 Å². The topological polar surface area (TPSA) is 76.5 Å². The number of hydrogen-bond donors (Lipinski definition) is 2. The SMILES string of the molecule is O=C1C2=C(O)C(O)C=CN2N(C2c3cccc(c3)CCCSc3cccc2c3)C2COCCN12. The van der Waals surface area contributed by atoms with Crippen LogP contribution in [0, 0.1) is 0 Å². The van der Waals surface area contributed by atoms with Crippen molar-refractivity contribution in [2.75, 3.05) is 25.5 Å². The van der Waals surface area contributed by atoms with Crippen LogP contribution in [0.25, 0.3) is 0 Å². The maximum Gasteiger partial charge on any atom is 0.277 e. The van der Waals surface area contributed by atoms with Gasteiger partial charge >= 0.3 is 0 Å². The molecule has 176 valence electrons. The van der Waals surface area contributed by atoms with Gasteiger partial charge in [-0.3, -0.25) is 9.80 Å². The Bertz CT molecular complexity index is 1130. The van der Waals surface area contributed by atoms with Gasteiger partial charge in [0.25, 0.3) is 5.91 Å². The summed E-state index contributed by atoms with van der Waals surface area (Å²) in [4.78, 5) is 16.4. The number of benzene rings is 2. The number of carbonyl (C=O) groups is 1. The van der Waals surface area contributed by atoms with E-state index >= 15 is 0 Å². The fourth-order valence-electron chi connectivity index (χ4n) is 5.27. The molecule has 0 spiro atoms. The summed E-state index contributed by atoms with van der Waals surface area (Å²) >= 11 is 1.86. The summed E-state index contributed by atoms with van der Waals surface area (Å²) < 4.78 is 5.85. The summed E-state index contributed by atoms with van der Waals surface area (Å²) in [5, 5.41) is 24.9. The first-order valence-electron chi connectivity index (χ1n) is 11.7. The molecule has 2 aromatic rings. The lowest BCUT2D eigenvalue weighted by molar-refractivity contribution is -0.190. The van der Waals surface area contributed by atoms with E-state index in [0.29, 0.717) is 19.8 Å². The van der Waals surface area contributed by atoms with E-state index in [9.17, 15) is 15.0 Å². The molecule has 2 fully saturated rings. The number of aliphatic hydroxyl groups excluding tert-OH is 2. The Hall–Kier alpha value is -2.78. The molecule has 6 rings (SSSR count). The van der Waals surface area contributed by atoms with Gasteiger partial charge in [-0.25, -0.2) is 0 Å². The van der Waals surface area contributed by atoms with E-state index in [2.05, 4.69) is 53.5 Å². The van der Waals surface area contributed by atoms with Crippen LogP contribution in [0.2, 0.25) is 0 Å². The molecule has 3 unspecified atom stereocenters. The number of morpholine rings is 1. The van der Waals surface area contributed by atoms with E-state index in [1.54, 1.807) is 16.1 Å². The molecule has 4 bridgehead atoms. The number of hydrogen-bond acceptors (Lipinski definition) is 7. The number of hydrazine groups is 1. The number of thioether (sulfide) groups is 1. The maximum absolute atomic E-state index is 13.4. The molecule has 2 saturated heterocycles. The molecule has 2 N–H and O–H groups in total. The van der Waals surface area contributed by atoms with Crippen molar-refractivity contribution >= 4 is 17.7 Å². The first kappa shape index (κ1) is 21.7. The van der Waals surface area contributed by atoms with Gasteiger partial charge in [-0.15, -0.1) is 11.8 Å². The number of fused-ring (bicyclic) bond motifs is 6. The first-order valence-corrected chi connectivity index (χ1v) is 12.7. The Morgan fingerprint density at radius 2 is 1.91 bits per heavy atom. The minimum atomic E-state index is -1.20. The quantitative estimate of drug-likeness (QED) is 0.653. The van der Waals surface area contributed by atoms with E-state index in [4.69, 9.17) is 4.74 Å². The third-order valence-electron chi connectivity index (χ3n) is 6.87. The van der Waals surface area contributed by atoms with Crippen molar-refractivity contribution in [1.82, 2.24) is 14.9 Å². The Balaban J connectivity index is 1.57. The molecule has 0 aromatic heterocycles. The molecule has 34 heavy (non-hydrogen) atoms. The number of aryl methyl sites for hydroxylation is 1. The Labute approximate surface area is 202 Å². The number of ether oxygens (including phenoxy) is 1. The van der Waals surface area contributed by atoms with Crippen molar-refractivity contribution in [3.63, 3.8) is 0 Å². The second-order valence-electron chi connectivity index (χ2n) is 8.97. The second kappa shape index (κ2) is 8.78. The molecule has 4 heterocycles. The lowest BCUT2D eigenvalue weighted by Gasteiger charge is -2.54. The van der Waals surface area contributed by atoms with Gasteiger partial charge in [0.05, 0.1) is 19.3 Å². The van der Waals surface area contributed by atoms with Crippen molar-refractivity contribution in [3.8, 4) is 0 Å². The fraction of sp³-hybridized carbons (Fsp3) is 0.346. The van der Waals surface area contributed by atoms with Crippen molar-refractivity contribution in [2.45, 2.75) is 36.0 Å². The summed E-state index contributed by atoms with van der Waals surface area (Å²) in [6.07, 6.45) is 3.74. The molecule has 8 heteroatoms. The molecule has 7 nitrogen and oxygen atoms in total. The lowest BCUT2D eigenvalue weighted by Crippen LogP contribution is -2.67. The highest BCUT2D eigenvalue weighted by Crippen LogP contribution is 2.41. The molecular formula is C26H27N3O4S. The summed E-state index contributed by atoms with van der Waals surface area (Å²) in [6.45, 7) is 1.22. The second-order valence-corrected chi connectivity index (χ2v) is 10.1. The normalized spacial score (nSPS) is 27.2. The molecule has 4 aliphatic rings. The zero-order valence-electron chi connectivity index (χ0n) is 18.7. The van der Waals surface area contributed by atoms with E-state index in [-0.39, 0.29) is 29.6 Å². The van der Waals surface area contributed by atoms with Gasteiger partial charge in [0.2, 0.25) is 0 Å². The minimum Gasteiger partial charge on any atom is -0.507 e. The highest BCUT2D eigenvalue weighted by molar-refractivity contribution is 7.99. The smallest absolute Gasteiger partial charge is 0.277 e. The average molecular weight is 478 g/mol. The van der Waals surface area contributed by atoms with Crippen LogP contribution in [0.4, 0.5) is 0 Å². The molecule has 0 radical (unpaired) electrons. The van der Waals surface area contributed by atoms with Crippen LogP contribution in [0.1, 0.15) is 29.2 Å². The Kier molecular flexibility index (Phi) is 5.61. The lowest BCUT2D eigenvalue weighted by atomic mass is 9.94. The maximum atomic E-state index is 13.4. The van der Waals surface area contributed by atoms with E-state index in [0.717, 1.165) is 29.7 Å². The third-order valence-corrected chi connectivity index (χ3v) is 7.95. The van der Waals surface area contributed by atoms with Crippen molar-refractivity contribution in [1.29, 1.82) is 0 Å². The number of aliphatic hydroxyl groups is 2. The molecular weight excluding hydrogens is 450 g/mol. The number of rotatable bonds is 1. The van der Waals surface area contributed by atoms with E-state index < -0.39 is 6.10 Å². The van der Waals surface area contributed by atoms with Gasteiger partial charge in [-0.2, -0.15) is 5.01 Å². The average Bonchev–Trinajstić information content (AvgIpc) is 2.87. The Morgan fingerprint density at radius 1 is 1.09 bits per heavy atom. The van der Waals surface area contributed by atoms with Gasteiger partial charge in [0, 0.05) is 17.6 Å². The van der Waals surface area contributed by atoms with Gasteiger partial charge in [-0.1, -0.05) is 36.4 Å². The third kappa shape index (κ3) is 3.62. The van der Waals surface area contributed by atoms with Gasteiger partial charge < -0.3 is 19.8 Å². The Morgan fingerprint density at radius 3 is 2.79 bits per heavy atom. The van der Waals surface area contributed by atoms with Crippen LogP contribution in [0.5, 0.6) is 0 Å². The monoisotopic (exact) mass is 477 g/mol. The predicted molar refractivity (Wildman–Crippen MR) is 129 cm³/mol. The fourth-order valence-corrected chi connectivity index (χ4v) is 6.18. The van der Waals surface area contributed by atoms with Crippen molar-refractivity contribution < 1.29 is 19.7 Å². The van der Waals surface area contributed by atoms with Crippen molar-refractivity contribution in [3.05, 3.63) is 89.0 Å². The largest absolute Gasteiger partial charge is 0.507 e. The zero-order valence-corrected chi connectivity index (χ0v) is 19.5. The molecule has 0 saturated carbocycles. The van der Waals surface area contributed by atoms with Crippen LogP contribution in [-0.4, -0.2) is 68.8 Å². The summed E-state index contributed by atoms with van der Waals surface area (Å²) in [7, 11) is 0. The van der Waals surface area contributed by atoms with Gasteiger partial charge in [0.15, 0.2) is 11.5 Å². The highest BCUT2D eigenvalue weighted by Gasteiger charge is 2.49. The molecule has 2 aromatic carbocycles. The van der Waals surface area contributed by atoms with Gasteiger partial charge in [0.1, 0.15) is 12.3 Å². The standard InChI is InChI=1S/C26H27N3O4S/c30-21-9-10-28-24(25(21)31)26(32)27-11-12-33-16-22(27)29(28)23-18-6-1-4-17(14-18)5-3-13-34-20-8-2-7-19(23)15-20/h1-2,4,6-10,14-15,21-23,30-31H,3,5,11-13,16H2. The first-order chi connectivity index (χ1) is 16.6. The molecule has 1 amide bonds. The number of amides is 1. The molecule has 0 aliphatic carbocycles. The molecule has 3 atom stereocenters. The van der Waals surface area contributed by atoms with E-state index in [1.165, 1.54) is 16.5 Å². The van der Waals surface area contributed by atoms with Crippen LogP contribution in [0.3, 0.4) is 0 Å². The van der Waals surface area contributed by atoms with Gasteiger partial charge in [-0.05, 0) is 53.5 Å². The summed E-state index contributed by atoms with van der Waals surface area (Å²) in [5.41, 5.74) is 3.59. The van der Waals surface area contributed by atoms with Crippen LogP contribution in [-0.2, 0) is 16.0 Å². The molecule has 4 aliphatic heterocycles. The summed E-state index contributed by atoms with van der Waals surface area (Å²) in [6, 6.07) is 17.0. The van der Waals surface area contributed by atoms with Crippen LogP contribution in [0.15, 0.2) is 77.2 Å².